The molecule has 0 amide bonds. The van der Waals surface area contributed by atoms with Gasteiger partial charge in [0.1, 0.15) is 24.0 Å². The van der Waals surface area contributed by atoms with Gasteiger partial charge in [-0.05, 0) is 55.8 Å². The Bertz CT molecular complexity index is 1190. The molecule has 162 valence electrons. The summed E-state index contributed by atoms with van der Waals surface area (Å²) in [5, 5.41) is 0. The van der Waals surface area contributed by atoms with Gasteiger partial charge in [0.05, 0.1) is 17.9 Å². The Morgan fingerprint density at radius 1 is 1.16 bits per heavy atom. The minimum Gasteiger partial charge on any atom is -0.494 e. The molecule has 0 spiro atoms. The van der Waals surface area contributed by atoms with E-state index in [0.717, 1.165) is 33.9 Å². The third-order valence-electron chi connectivity index (χ3n) is 5.60. The SMILES string of the molecule is CCOc1ccc(/C=C2\Oc3c(cc4c(c3C)OCN(Cc3ccccn3)C4)C2=O)cc1. The molecular formula is C26H24N2O4. The second-order valence-electron chi connectivity index (χ2n) is 7.89. The maximum Gasteiger partial charge on any atom is 0.231 e. The third-order valence-corrected chi connectivity index (χ3v) is 5.60. The van der Waals surface area contributed by atoms with Crippen LogP contribution in [0, 0.1) is 6.92 Å². The zero-order valence-corrected chi connectivity index (χ0v) is 18.1. The van der Waals surface area contributed by atoms with Crippen LogP contribution in [0.1, 0.15) is 39.7 Å². The highest BCUT2D eigenvalue weighted by molar-refractivity contribution is 6.15. The van der Waals surface area contributed by atoms with E-state index in [2.05, 4.69) is 9.88 Å². The van der Waals surface area contributed by atoms with Crippen molar-refractivity contribution in [1.82, 2.24) is 9.88 Å². The molecule has 3 aromatic rings. The molecule has 3 heterocycles. The lowest BCUT2D eigenvalue weighted by Gasteiger charge is -2.30. The van der Waals surface area contributed by atoms with E-state index in [1.54, 1.807) is 12.3 Å². The van der Waals surface area contributed by atoms with Gasteiger partial charge in [-0.25, -0.2) is 0 Å². The van der Waals surface area contributed by atoms with Gasteiger partial charge in [-0.3, -0.25) is 14.7 Å². The lowest BCUT2D eigenvalue weighted by atomic mass is 10.00. The number of carbonyl (C=O) groups is 1. The first-order chi connectivity index (χ1) is 15.6. The topological polar surface area (TPSA) is 60.9 Å². The molecule has 0 unspecified atom stereocenters. The minimum atomic E-state index is -0.110. The standard InChI is InChI=1S/C26H24N2O4/c1-3-30-21-9-7-18(8-10-21)12-23-24(29)22-13-19-14-28(15-20-6-4-5-11-27-20)16-31-25(19)17(2)26(22)32-23/h4-13H,3,14-16H2,1-2H3/b23-12-. The highest BCUT2D eigenvalue weighted by atomic mass is 16.5. The van der Waals surface area contributed by atoms with E-state index in [1.165, 1.54) is 0 Å². The Hall–Kier alpha value is -3.64. The van der Waals surface area contributed by atoms with Crippen molar-refractivity contribution in [3.63, 3.8) is 0 Å². The summed E-state index contributed by atoms with van der Waals surface area (Å²) in [6.07, 6.45) is 3.56. The molecule has 0 bridgehead atoms. The van der Waals surface area contributed by atoms with Crippen LogP contribution in [0.3, 0.4) is 0 Å². The van der Waals surface area contributed by atoms with Gasteiger partial charge in [-0.15, -0.1) is 0 Å². The maximum absolute atomic E-state index is 13.1. The van der Waals surface area contributed by atoms with Gasteiger partial charge in [-0.2, -0.15) is 0 Å². The quantitative estimate of drug-likeness (QED) is 0.546. The van der Waals surface area contributed by atoms with E-state index < -0.39 is 0 Å². The van der Waals surface area contributed by atoms with Crippen LogP contribution < -0.4 is 14.2 Å². The predicted octanol–water partition coefficient (Wildman–Crippen LogP) is 4.76. The Labute approximate surface area is 187 Å². The van der Waals surface area contributed by atoms with Gasteiger partial charge in [0, 0.05) is 30.4 Å². The van der Waals surface area contributed by atoms with Gasteiger partial charge in [0.2, 0.25) is 5.78 Å². The third kappa shape index (κ3) is 3.85. The number of aromatic nitrogens is 1. The van der Waals surface area contributed by atoms with Crippen LogP contribution in [0.5, 0.6) is 17.2 Å². The zero-order chi connectivity index (χ0) is 22.1. The number of Topliss-reactive ketones (excluding diaryl/α,β-unsaturated/α-hetero) is 1. The average Bonchev–Trinajstić information content (AvgIpc) is 3.12. The largest absolute Gasteiger partial charge is 0.494 e. The number of allylic oxidation sites excluding steroid dienone is 1. The van der Waals surface area contributed by atoms with Crippen LogP contribution in [0.15, 0.2) is 60.5 Å². The number of nitrogens with zero attached hydrogens (tertiary/aromatic N) is 2. The molecule has 5 rings (SSSR count). The molecule has 2 aromatic carbocycles. The van der Waals surface area contributed by atoms with Crippen LogP contribution in [0.4, 0.5) is 0 Å². The van der Waals surface area contributed by atoms with Gasteiger partial charge in [0.25, 0.3) is 0 Å². The summed E-state index contributed by atoms with van der Waals surface area (Å²) >= 11 is 0. The van der Waals surface area contributed by atoms with Gasteiger partial charge < -0.3 is 14.2 Å². The number of ether oxygens (including phenoxy) is 3. The first kappa shape index (κ1) is 20.3. The van der Waals surface area contributed by atoms with Gasteiger partial charge in [0.15, 0.2) is 5.76 Å². The zero-order valence-electron chi connectivity index (χ0n) is 18.1. The van der Waals surface area contributed by atoms with Crippen LogP contribution in [-0.2, 0) is 13.1 Å². The van der Waals surface area contributed by atoms with Crippen molar-refractivity contribution in [1.29, 1.82) is 0 Å². The maximum atomic E-state index is 13.1. The van der Waals surface area contributed by atoms with E-state index in [9.17, 15) is 4.79 Å². The van der Waals surface area contributed by atoms with Crippen molar-refractivity contribution in [2.24, 2.45) is 0 Å². The number of benzene rings is 2. The number of rotatable bonds is 5. The van der Waals surface area contributed by atoms with Crippen molar-refractivity contribution in [2.75, 3.05) is 13.3 Å². The lowest BCUT2D eigenvalue weighted by molar-refractivity contribution is 0.0865. The van der Waals surface area contributed by atoms with E-state index in [0.29, 0.717) is 43.5 Å². The number of fused-ring (bicyclic) bond motifs is 2. The molecule has 0 atom stereocenters. The van der Waals surface area contributed by atoms with E-state index in [-0.39, 0.29) is 5.78 Å². The summed E-state index contributed by atoms with van der Waals surface area (Å²) < 4.78 is 17.5. The summed E-state index contributed by atoms with van der Waals surface area (Å²) in [6.45, 7) is 6.34. The second-order valence-corrected chi connectivity index (χ2v) is 7.89. The van der Waals surface area contributed by atoms with Gasteiger partial charge >= 0.3 is 0 Å². The minimum absolute atomic E-state index is 0.110. The molecule has 2 aliphatic heterocycles. The van der Waals surface area contributed by atoms with Gasteiger partial charge in [-0.1, -0.05) is 18.2 Å². The fourth-order valence-electron chi connectivity index (χ4n) is 4.10. The second kappa shape index (κ2) is 8.48. The highest BCUT2D eigenvalue weighted by Gasteiger charge is 2.33. The summed E-state index contributed by atoms with van der Waals surface area (Å²) in [6, 6.07) is 15.4. The summed E-state index contributed by atoms with van der Waals surface area (Å²) in [7, 11) is 0. The van der Waals surface area contributed by atoms with E-state index >= 15 is 0 Å². The highest BCUT2D eigenvalue weighted by Crippen LogP contribution is 2.43. The number of pyridine rings is 1. The van der Waals surface area contributed by atoms with Crippen LogP contribution >= 0.6 is 0 Å². The molecule has 0 N–H and O–H groups in total. The molecule has 6 heteroatoms. The molecule has 0 saturated carbocycles. The molecule has 2 aliphatic rings. The number of carbonyl (C=O) groups excluding carboxylic acids is 1. The average molecular weight is 428 g/mol. The Morgan fingerprint density at radius 2 is 2.00 bits per heavy atom. The summed E-state index contributed by atoms with van der Waals surface area (Å²) in [4.78, 5) is 19.7. The lowest BCUT2D eigenvalue weighted by Crippen LogP contribution is -2.32. The fraction of sp³-hybridized carbons (Fsp3) is 0.231. The van der Waals surface area contributed by atoms with E-state index in [4.69, 9.17) is 14.2 Å². The van der Waals surface area contributed by atoms with Crippen molar-refractivity contribution in [3.05, 3.63) is 88.4 Å². The fourth-order valence-corrected chi connectivity index (χ4v) is 4.10. The van der Waals surface area contributed by atoms with Crippen LogP contribution in [0.25, 0.3) is 6.08 Å². The molecule has 6 nitrogen and oxygen atoms in total. The summed E-state index contributed by atoms with van der Waals surface area (Å²) in [5.74, 6) is 2.40. The first-order valence-corrected chi connectivity index (χ1v) is 10.7. The number of hydrogen-bond donors (Lipinski definition) is 0. The molecular weight excluding hydrogens is 404 g/mol. The molecule has 32 heavy (non-hydrogen) atoms. The van der Waals surface area contributed by atoms with Crippen molar-refractivity contribution in [3.8, 4) is 17.2 Å². The molecule has 1 aromatic heterocycles. The first-order valence-electron chi connectivity index (χ1n) is 10.7. The number of ketones is 1. The molecule has 0 radical (unpaired) electrons. The van der Waals surface area contributed by atoms with Crippen molar-refractivity contribution < 1.29 is 19.0 Å². The van der Waals surface area contributed by atoms with Crippen LogP contribution in [-0.4, -0.2) is 29.0 Å². The molecule has 0 fully saturated rings. The Morgan fingerprint density at radius 3 is 2.75 bits per heavy atom. The molecule has 0 aliphatic carbocycles. The molecule has 0 saturated heterocycles. The van der Waals surface area contributed by atoms with Crippen LogP contribution in [0.2, 0.25) is 0 Å². The Kier molecular flexibility index (Phi) is 5.37. The van der Waals surface area contributed by atoms with E-state index in [1.807, 2.05) is 62.4 Å². The van der Waals surface area contributed by atoms with Crippen molar-refractivity contribution in [2.45, 2.75) is 26.9 Å². The smallest absolute Gasteiger partial charge is 0.231 e. The normalized spacial score (nSPS) is 16.3. The monoisotopic (exact) mass is 428 g/mol. The Balaban J connectivity index is 1.39. The van der Waals surface area contributed by atoms with Crippen molar-refractivity contribution >= 4 is 11.9 Å². The summed E-state index contributed by atoms with van der Waals surface area (Å²) in [5.41, 5.74) is 4.30. The predicted molar refractivity (Wildman–Crippen MR) is 121 cm³/mol. The number of hydrogen-bond acceptors (Lipinski definition) is 6.